The quantitative estimate of drug-likeness (QED) is 0.664. The Balaban J connectivity index is 2.11. The molecule has 3 aromatic rings. The summed E-state index contributed by atoms with van der Waals surface area (Å²) in [5, 5.41) is 0.203. The van der Waals surface area contributed by atoms with Gasteiger partial charge < -0.3 is 9.30 Å². The molecule has 0 N–H and O–H groups in total. The first-order valence-electron chi connectivity index (χ1n) is 7.12. The lowest BCUT2D eigenvalue weighted by Crippen LogP contribution is -2.06. The van der Waals surface area contributed by atoms with Crippen LogP contribution < -0.4 is 4.74 Å². The van der Waals surface area contributed by atoms with Gasteiger partial charge in [0.2, 0.25) is 0 Å². The largest absolute Gasteiger partial charge is 0.497 e. The Hall–Kier alpha value is -2.59. The number of benzene rings is 2. The zero-order valence-corrected chi connectivity index (χ0v) is 13.3. The van der Waals surface area contributed by atoms with Crippen molar-refractivity contribution in [1.29, 1.82) is 0 Å². The van der Waals surface area contributed by atoms with Gasteiger partial charge in [-0.3, -0.25) is 4.79 Å². The van der Waals surface area contributed by atoms with Crippen LogP contribution in [-0.4, -0.2) is 22.9 Å². The Labute approximate surface area is 139 Å². The first-order chi connectivity index (χ1) is 11.2. The van der Waals surface area contributed by atoms with Crippen LogP contribution in [0.25, 0.3) is 11.4 Å². The van der Waals surface area contributed by atoms with Crippen molar-refractivity contribution >= 4 is 17.9 Å². The van der Waals surface area contributed by atoms with Crippen molar-refractivity contribution in [3.05, 3.63) is 71.0 Å². The summed E-state index contributed by atoms with van der Waals surface area (Å²) in [6.07, 6.45) is 0.738. The molecule has 0 aliphatic carbocycles. The molecule has 0 spiro atoms. The van der Waals surface area contributed by atoms with Crippen molar-refractivity contribution in [2.45, 2.75) is 6.54 Å². The second kappa shape index (κ2) is 6.67. The van der Waals surface area contributed by atoms with Crippen LogP contribution >= 0.6 is 11.6 Å². The van der Waals surface area contributed by atoms with Gasteiger partial charge in [0.15, 0.2) is 11.4 Å². The van der Waals surface area contributed by atoms with E-state index in [9.17, 15) is 4.79 Å². The number of methoxy groups -OCH3 is 1. The van der Waals surface area contributed by atoms with Crippen LogP contribution in [0, 0.1) is 0 Å². The molecule has 3 rings (SSSR count). The number of halogens is 1. The van der Waals surface area contributed by atoms with Crippen molar-refractivity contribution in [3.8, 4) is 17.1 Å². The number of aromatic nitrogens is 2. The van der Waals surface area contributed by atoms with Gasteiger partial charge in [0, 0.05) is 12.1 Å². The summed E-state index contributed by atoms with van der Waals surface area (Å²) >= 11 is 6.15. The Bertz CT molecular complexity index is 828. The van der Waals surface area contributed by atoms with E-state index in [0.717, 1.165) is 23.2 Å². The maximum Gasteiger partial charge on any atom is 0.169 e. The molecule has 0 aliphatic rings. The third kappa shape index (κ3) is 3.12. The smallest absolute Gasteiger partial charge is 0.169 e. The highest BCUT2D eigenvalue weighted by molar-refractivity contribution is 6.31. The summed E-state index contributed by atoms with van der Waals surface area (Å²) in [4.78, 5) is 15.8. The number of carbonyl (C=O) groups is 1. The fourth-order valence-electron chi connectivity index (χ4n) is 2.46. The van der Waals surface area contributed by atoms with Gasteiger partial charge in [-0.15, -0.1) is 0 Å². The number of hydrogen-bond donors (Lipinski definition) is 0. The summed E-state index contributed by atoms with van der Waals surface area (Å²) in [6, 6.07) is 17.4. The standard InChI is InChI=1S/C18H15ClN2O2/c1-23-15-9-5-8-14(10-15)18-20-17(19)16(12-22)21(18)11-13-6-3-2-4-7-13/h2-10,12H,11H2,1H3. The molecule has 0 fully saturated rings. The van der Waals surface area contributed by atoms with Crippen molar-refractivity contribution < 1.29 is 9.53 Å². The number of imidazole rings is 1. The predicted octanol–water partition coefficient (Wildman–Crippen LogP) is 4.07. The minimum absolute atomic E-state index is 0.203. The molecular formula is C18H15ClN2O2. The van der Waals surface area contributed by atoms with Gasteiger partial charge in [0.1, 0.15) is 17.3 Å². The Morgan fingerprint density at radius 1 is 1.17 bits per heavy atom. The molecular weight excluding hydrogens is 312 g/mol. The molecule has 116 valence electrons. The van der Waals surface area contributed by atoms with E-state index in [1.807, 2.05) is 59.2 Å². The third-order valence-electron chi connectivity index (χ3n) is 3.58. The molecule has 1 aromatic heterocycles. The minimum atomic E-state index is 0.203. The SMILES string of the molecule is COc1cccc(-c2nc(Cl)c(C=O)n2Cc2ccccc2)c1. The van der Waals surface area contributed by atoms with E-state index in [-0.39, 0.29) is 5.15 Å². The second-order valence-corrected chi connectivity index (χ2v) is 5.39. The van der Waals surface area contributed by atoms with Gasteiger partial charge >= 0.3 is 0 Å². The fraction of sp³-hybridized carbons (Fsp3) is 0.111. The van der Waals surface area contributed by atoms with Crippen LogP contribution in [0.3, 0.4) is 0 Å². The first kappa shape index (κ1) is 15.3. The lowest BCUT2D eigenvalue weighted by Gasteiger charge is -2.10. The van der Waals surface area contributed by atoms with E-state index in [2.05, 4.69) is 4.98 Å². The van der Waals surface area contributed by atoms with Crippen LogP contribution in [0.4, 0.5) is 0 Å². The maximum atomic E-state index is 11.4. The highest BCUT2D eigenvalue weighted by Gasteiger charge is 2.17. The monoisotopic (exact) mass is 326 g/mol. The highest BCUT2D eigenvalue weighted by atomic mass is 35.5. The molecule has 0 atom stereocenters. The molecule has 1 heterocycles. The zero-order valence-electron chi connectivity index (χ0n) is 12.6. The van der Waals surface area contributed by atoms with Crippen molar-refractivity contribution in [1.82, 2.24) is 9.55 Å². The van der Waals surface area contributed by atoms with Gasteiger partial charge in [-0.05, 0) is 17.7 Å². The topological polar surface area (TPSA) is 44.1 Å². The third-order valence-corrected chi connectivity index (χ3v) is 3.86. The summed E-state index contributed by atoms with van der Waals surface area (Å²) in [5.74, 6) is 1.36. The van der Waals surface area contributed by atoms with E-state index in [1.54, 1.807) is 7.11 Å². The van der Waals surface area contributed by atoms with Crippen LogP contribution in [-0.2, 0) is 6.54 Å². The molecule has 0 saturated carbocycles. The van der Waals surface area contributed by atoms with E-state index in [4.69, 9.17) is 16.3 Å². The first-order valence-corrected chi connectivity index (χ1v) is 7.50. The molecule has 0 bridgehead atoms. The Morgan fingerprint density at radius 3 is 2.65 bits per heavy atom. The summed E-state index contributed by atoms with van der Waals surface area (Å²) in [7, 11) is 1.61. The Morgan fingerprint density at radius 2 is 1.96 bits per heavy atom. The van der Waals surface area contributed by atoms with E-state index in [1.165, 1.54) is 0 Å². The van der Waals surface area contributed by atoms with Crippen LogP contribution in [0.15, 0.2) is 54.6 Å². The number of nitrogens with zero attached hydrogens (tertiary/aromatic N) is 2. The second-order valence-electron chi connectivity index (χ2n) is 5.03. The van der Waals surface area contributed by atoms with Crippen molar-refractivity contribution in [2.75, 3.05) is 7.11 Å². The zero-order chi connectivity index (χ0) is 16.2. The average molecular weight is 327 g/mol. The van der Waals surface area contributed by atoms with Gasteiger partial charge in [-0.2, -0.15) is 0 Å². The summed E-state index contributed by atoms with van der Waals surface area (Å²) < 4.78 is 7.08. The lowest BCUT2D eigenvalue weighted by molar-refractivity contribution is 0.111. The molecule has 0 unspecified atom stereocenters. The van der Waals surface area contributed by atoms with Gasteiger partial charge in [0.05, 0.1) is 7.11 Å². The van der Waals surface area contributed by atoms with E-state index < -0.39 is 0 Å². The maximum absolute atomic E-state index is 11.4. The number of hydrogen-bond acceptors (Lipinski definition) is 3. The fourth-order valence-corrected chi connectivity index (χ4v) is 2.68. The molecule has 2 aromatic carbocycles. The summed E-state index contributed by atoms with van der Waals surface area (Å²) in [6.45, 7) is 0.515. The molecule has 4 nitrogen and oxygen atoms in total. The van der Waals surface area contributed by atoms with Gasteiger partial charge in [-0.25, -0.2) is 4.98 Å². The number of rotatable bonds is 5. The van der Waals surface area contributed by atoms with Crippen LogP contribution in [0.2, 0.25) is 5.15 Å². The van der Waals surface area contributed by atoms with Crippen molar-refractivity contribution in [3.63, 3.8) is 0 Å². The number of aldehydes is 1. The van der Waals surface area contributed by atoms with Crippen LogP contribution in [0.1, 0.15) is 16.1 Å². The normalized spacial score (nSPS) is 10.5. The highest BCUT2D eigenvalue weighted by Crippen LogP contribution is 2.28. The lowest BCUT2D eigenvalue weighted by atomic mass is 10.2. The number of carbonyl (C=O) groups excluding carboxylic acids is 1. The predicted molar refractivity (Wildman–Crippen MR) is 90.2 cm³/mol. The van der Waals surface area contributed by atoms with E-state index >= 15 is 0 Å². The molecule has 23 heavy (non-hydrogen) atoms. The molecule has 0 radical (unpaired) electrons. The molecule has 0 aliphatic heterocycles. The van der Waals surface area contributed by atoms with Crippen molar-refractivity contribution in [2.24, 2.45) is 0 Å². The minimum Gasteiger partial charge on any atom is -0.497 e. The number of ether oxygens (including phenoxy) is 1. The summed E-state index contributed by atoms with van der Waals surface area (Å²) in [5.41, 5.74) is 2.28. The van der Waals surface area contributed by atoms with Gasteiger partial charge in [0.25, 0.3) is 0 Å². The molecule has 0 saturated heterocycles. The van der Waals surface area contributed by atoms with Gasteiger partial charge in [-0.1, -0.05) is 54.1 Å². The Kier molecular flexibility index (Phi) is 4.44. The van der Waals surface area contributed by atoms with E-state index in [0.29, 0.717) is 18.1 Å². The average Bonchev–Trinajstić information content (AvgIpc) is 2.91. The molecule has 0 amide bonds. The van der Waals surface area contributed by atoms with Crippen LogP contribution in [0.5, 0.6) is 5.75 Å². The molecule has 5 heteroatoms.